The second-order valence-corrected chi connectivity index (χ2v) is 5.13. The molecule has 1 aromatic rings. The Hall–Kier alpha value is -1.72. The molecule has 20 heavy (non-hydrogen) atoms. The minimum atomic E-state index is -4.15. The molecule has 0 heterocycles. The van der Waals surface area contributed by atoms with E-state index in [9.17, 15) is 18.0 Å². The van der Waals surface area contributed by atoms with Crippen LogP contribution >= 0.6 is 0 Å². The lowest BCUT2D eigenvalue weighted by Crippen LogP contribution is -2.34. The predicted molar refractivity (Wildman–Crippen MR) is 68.8 cm³/mol. The Morgan fingerprint density at radius 1 is 1.30 bits per heavy atom. The molecule has 1 aliphatic carbocycles. The van der Waals surface area contributed by atoms with Crippen LogP contribution in [0.2, 0.25) is 0 Å². The first-order valence-electron chi connectivity index (χ1n) is 6.53. The van der Waals surface area contributed by atoms with Crippen LogP contribution in [0.3, 0.4) is 0 Å². The van der Waals surface area contributed by atoms with E-state index in [4.69, 9.17) is 5.11 Å². The van der Waals surface area contributed by atoms with Crippen LogP contribution in [0.15, 0.2) is 24.3 Å². The number of rotatable bonds is 3. The van der Waals surface area contributed by atoms with E-state index in [-0.39, 0.29) is 24.4 Å². The monoisotopic (exact) mass is 287 g/mol. The quantitative estimate of drug-likeness (QED) is 0.886. The van der Waals surface area contributed by atoms with Crippen molar-refractivity contribution < 1.29 is 23.1 Å². The first-order chi connectivity index (χ1) is 9.36. The van der Waals surface area contributed by atoms with E-state index < -0.39 is 18.1 Å². The maximum Gasteiger partial charge on any atom is 0.391 e. The van der Waals surface area contributed by atoms with Crippen molar-refractivity contribution in [2.45, 2.75) is 37.9 Å². The van der Waals surface area contributed by atoms with Gasteiger partial charge in [0.15, 0.2) is 0 Å². The molecule has 1 saturated carbocycles. The number of aromatic carboxylic acids is 1. The van der Waals surface area contributed by atoms with Crippen molar-refractivity contribution in [2.75, 3.05) is 5.32 Å². The van der Waals surface area contributed by atoms with Crippen LogP contribution in [0.4, 0.5) is 18.9 Å². The molecule has 0 amide bonds. The third-order valence-electron chi connectivity index (χ3n) is 3.62. The molecule has 1 fully saturated rings. The average molecular weight is 287 g/mol. The molecule has 0 radical (unpaired) electrons. The van der Waals surface area contributed by atoms with Gasteiger partial charge in [0.05, 0.1) is 11.5 Å². The largest absolute Gasteiger partial charge is 0.478 e. The minimum Gasteiger partial charge on any atom is -0.478 e. The third-order valence-corrected chi connectivity index (χ3v) is 3.62. The molecule has 2 unspecified atom stereocenters. The molecule has 2 atom stereocenters. The second kappa shape index (κ2) is 5.73. The highest BCUT2D eigenvalue weighted by molar-refractivity contribution is 5.88. The molecule has 3 nitrogen and oxygen atoms in total. The van der Waals surface area contributed by atoms with Gasteiger partial charge in [0, 0.05) is 11.7 Å². The summed E-state index contributed by atoms with van der Waals surface area (Å²) >= 11 is 0. The summed E-state index contributed by atoms with van der Waals surface area (Å²) in [6.45, 7) is 0. The normalized spacial score (nSPS) is 23.4. The van der Waals surface area contributed by atoms with Gasteiger partial charge in [-0.2, -0.15) is 13.2 Å². The minimum absolute atomic E-state index is 0.0425. The fourth-order valence-electron chi connectivity index (χ4n) is 2.60. The van der Waals surface area contributed by atoms with Crippen LogP contribution in [0.5, 0.6) is 0 Å². The SMILES string of the molecule is O=C(O)c1cccc(NC2CCCC(C(F)(F)F)C2)c1. The van der Waals surface area contributed by atoms with Gasteiger partial charge in [-0.3, -0.25) is 0 Å². The summed E-state index contributed by atoms with van der Waals surface area (Å²) < 4.78 is 38.2. The average Bonchev–Trinajstić information content (AvgIpc) is 2.38. The van der Waals surface area contributed by atoms with Crippen LogP contribution in [-0.2, 0) is 0 Å². The van der Waals surface area contributed by atoms with Crippen molar-refractivity contribution in [1.82, 2.24) is 0 Å². The molecule has 1 aromatic carbocycles. The summed E-state index contributed by atoms with van der Waals surface area (Å²) in [5.74, 6) is -2.32. The zero-order chi connectivity index (χ0) is 14.8. The van der Waals surface area contributed by atoms with Gasteiger partial charge in [-0.05, 0) is 37.5 Å². The number of carbonyl (C=O) groups is 1. The highest BCUT2D eigenvalue weighted by Crippen LogP contribution is 2.38. The molecule has 0 bridgehead atoms. The van der Waals surface area contributed by atoms with Gasteiger partial charge in [0.1, 0.15) is 0 Å². The zero-order valence-electron chi connectivity index (χ0n) is 10.8. The number of hydrogen-bond donors (Lipinski definition) is 2. The lowest BCUT2D eigenvalue weighted by atomic mass is 9.85. The number of carboxylic acid groups (broad SMARTS) is 1. The van der Waals surface area contributed by atoms with E-state index in [2.05, 4.69) is 5.32 Å². The van der Waals surface area contributed by atoms with Gasteiger partial charge >= 0.3 is 12.1 Å². The van der Waals surface area contributed by atoms with E-state index in [1.54, 1.807) is 12.1 Å². The molecule has 110 valence electrons. The van der Waals surface area contributed by atoms with E-state index in [1.165, 1.54) is 12.1 Å². The maximum atomic E-state index is 12.7. The Kier molecular flexibility index (Phi) is 4.20. The fourth-order valence-corrected chi connectivity index (χ4v) is 2.60. The number of hydrogen-bond acceptors (Lipinski definition) is 2. The lowest BCUT2D eigenvalue weighted by Gasteiger charge is -2.31. The van der Waals surface area contributed by atoms with Crippen LogP contribution < -0.4 is 5.32 Å². The predicted octanol–water partition coefficient (Wildman–Crippen LogP) is 3.92. The molecular weight excluding hydrogens is 271 g/mol. The Balaban J connectivity index is 2.03. The summed E-state index contributed by atoms with van der Waals surface area (Å²) in [6.07, 6.45) is -2.73. The maximum absolute atomic E-state index is 12.7. The summed E-state index contributed by atoms with van der Waals surface area (Å²) in [5.41, 5.74) is 0.677. The van der Waals surface area contributed by atoms with E-state index in [1.807, 2.05) is 0 Å². The molecule has 0 aromatic heterocycles. The van der Waals surface area contributed by atoms with Gasteiger partial charge in [-0.25, -0.2) is 4.79 Å². The Labute approximate surface area is 114 Å². The number of carboxylic acids is 1. The number of halogens is 3. The van der Waals surface area contributed by atoms with Gasteiger partial charge in [0.25, 0.3) is 0 Å². The van der Waals surface area contributed by atoms with E-state index >= 15 is 0 Å². The first kappa shape index (κ1) is 14.7. The van der Waals surface area contributed by atoms with Crippen molar-refractivity contribution in [3.63, 3.8) is 0 Å². The van der Waals surface area contributed by atoms with Gasteiger partial charge in [0.2, 0.25) is 0 Å². The number of alkyl halides is 3. The van der Waals surface area contributed by atoms with E-state index in [0.29, 0.717) is 18.5 Å². The molecule has 0 spiro atoms. The number of anilines is 1. The smallest absolute Gasteiger partial charge is 0.391 e. The standard InChI is InChI=1S/C14H16F3NO2/c15-14(16,17)10-4-2-6-12(8-10)18-11-5-1-3-9(7-11)13(19)20/h1,3,5,7,10,12,18H,2,4,6,8H2,(H,19,20). The summed E-state index contributed by atoms with van der Waals surface area (Å²) in [6, 6.07) is 5.88. The van der Waals surface area contributed by atoms with Crippen molar-refractivity contribution in [3.05, 3.63) is 29.8 Å². The summed E-state index contributed by atoms with van der Waals surface area (Å²) in [4.78, 5) is 10.9. The number of nitrogens with one attached hydrogen (secondary N) is 1. The third kappa shape index (κ3) is 3.65. The molecule has 0 aliphatic heterocycles. The molecule has 2 N–H and O–H groups in total. The second-order valence-electron chi connectivity index (χ2n) is 5.13. The van der Waals surface area contributed by atoms with Crippen molar-refractivity contribution in [3.8, 4) is 0 Å². The molecule has 2 rings (SSSR count). The van der Waals surface area contributed by atoms with Gasteiger partial charge in [-0.15, -0.1) is 0 Å². The van der Waals surface area contributed by atoms with Crippen molar-refractivity contribution in [2.24, 2.45) is 5.92 Å². The van der Waals surface area contributed by atoms with Crippen LogP contribution in [0.25, 0.3) is 0 Å². The van der Waals surface area contributed by atoms with Gasteiger partial charge in [-0.1, -0.05) is 12.5 Å². The van der Waals surface area contributed by atoms with Gasteiger partial charge < -0.3 is 10.4 Å². The topological polar surface area (TPSA) is 49.3 Å². The van der Waals surface area contributed by atoms with E-state index in [0.717, 1.165) is 0 Å². The molecular formula is C14H16F3NO2. The zero-order valence-corrected chi connectivity index (χ0v) is 10.8. The Morgan fingerprint density at radius 2 is 2.05 bits per heavy atom. The lowest BCUT2D eigenvalue weighted by molar-refractivity contribution is -0.182. The first-order valence-corrected chi connectivity index (χ1v) is 6.53. The van der Waals surface area contributed by atoms with Crippen LogP contribution in [0, 0.1) is 5.92 Å². The molecule has 0 saturated heterocycles. The highest BCUT2D eigenvalue weighted by atomic mass is 19.4. The fraction of sp³-hybridized carbons (Fsp3) is 0.500. The molecule has 1 aliphatic rings. The van der Waals surface area contributed by atoms with Crippen molar-refractivity contribution in [1.29, 1.82) is 0 Å². The Morgan fingerprint density at radius 3 is 2.70 bits per heavy atom. The van der Waals surface area contributed by atoms with Crippen LogP contribution in [-0.4, -0.2) is 23.3 Å². The number of benzene rings is 1. The van der Waals surface area contributed by atoms with Crippen LogP contribution in [0.1, 0.15) is 36.0 Å². The Bertz CT molecular complexity index is 488. The summed E-state index contributed by atoms with van der Waals surface area (Å²) in [7, 11) is 0. The summed E-state index contributed by atoms with van der Waals surface area (Å²) in [5, 5.41) is 11.9. The highest BCUT2D eigenvalue weighted by Gasteiger charge is 2.42. The van der Waals surface area contributed by atoms with Crippen molar-refractivity contribution >= 4 is 11.7 Å². The molecule has 6 heteroatoms.